The fraction of sp³-hybridized carbons (Fsp3) is 0.0952. The Morgan fingerprint density at radius 3 is 2.58 bits per heavy atom. The summed E-state index contributed by atoms with van der Waals surface area (Å²) in [6, 6.07) is 16.8. The molecule has 1 N–H and O–H groups in total. The molecule has 5 heteroatoms. The van der Waals surface area contributed by atoms with Crippen LogP contribution in [-0.4, -0.2) is 15.9 Å². The van der Waals surface area contributed by atoms with Gasteiger partial charge < -0.3 is 9.73 Å². The van der Waals surface area contributed by atoms with E-state index in [4.69, 9.17) is 4.42 Å². The zero-order chi connectivity index (χ0) is 18.1. The van der Waals surface area contributed by atoms with Gasteiger partial charge in [-0.15, -0.1) is 0 Å². The van der Waals surface area contributed by atoms with Crippen LogP contribution in [0.25, 0.3) is 22.7 Å². The molecule has 4 rings (SSSR count). The summed E-state index contributed by atoms with van der Waals surface area (Å²) in [5.41, 5.74) is 5.09. The smallest absolute Gasteiger partial charge is 0.255 e. The SMILES string of the molecule is Cc1ccccc1C(=O)Nc1cccc(C)c1-c1nc2ncccc2o1. The minimum Gasteiger partial charge on any atom is -0.434 e. The number of anilines is 1. The van der Waals surface area contributed by atoms with Crippen LogP contribution in [0.1, 0.15) is 21.5 Å². The maximum atomic E-state index is 12.7. The predicted molar refractivity (Wildman–Crippen MR) is 101 cm³/mol. The van der Waals surface area contributed by atoms with Gasteiger partial charge >= 0.3 is 0 Å². The largest absolute Gasteiger partial charge is 0.434 e. The molecule has 0 aliphatic heterocycles. The number of carbonyl (C=O) groups is 1. The molecule has 5 nitrogen and oxygen atoms in total. The Morgan fingerprint density at radius 2 is 1.77 bits per heavy atom. The first kappa shape index (κ1) is 16.0. The third-order valence-corrected chi connectivity index (χ3v) is 4.29. The van der Waals surface area contributed by atoms with E-state index in [1.54, 1.807) is 12.3 Å². The van der Waals surface area contributed by atoms with Crippen molar-refractivity contribution in [1.29, 1.82) is 0 Å². The number of fused-ring (bicyclic) bond motifs is 1. The lowest BCUT2D eigenvalue weighted by molar-refractivity contribution is 0.102. The van der Waals surface area contributed by atoms with Gasteiger partial charge in [0.2, 0.25) is 5.89 Å². The Morgan fingerprint density at radius 1 is 0.962 bits per heavy atom. The number of rotatable bonds is 3. The Balaban J connectivity index is 1.77. The summed E-state index contributed by atoms with van der Waals surface area (Å²) in [6.45, 7) is 3.87. The summed E-state index contributed by atoms with van der Waals surface area (Å²) in [4.78, 5) is 21.4. The molecule has 2 heterocycles. The first-order valence-corrected chi connectivity index (χ1v) is 8.32. The van der Waals surface area contributed by atoms with Crippen LogP contribution in [0.2, 0.25) is 0 Å². The van der Waals surface area contributed by atoms with Gasteiger partial charge in [-0.3, -0.25) is 4.79 Å². The number of hydrogen-bond acceptors (Lipinski definition) is 4. The standard InChI is InChI=1S/C21H17N3O2/c1-13-7-3-4-9-15(13)20(25)23-16-10-5-8-14(2)18(16)21-24-19-17(26-21)11-6-12-22-19/h3-12H,1-2H3,(H,23,25). The molecule has 1 amide bonds. The van der Waals surface area contributed by atoms with Crippen molar-refractivity contribution in [2.75, 3.05) is 5.32 Å². The number of carbonyl (C=O) groups excluding carboxylic acids is 1. The van der Waals surface area contributed by atoms with E-state index in [-0.39, 0.29) is 5.91 Å². The van der Waals surface area contributed by atoms with Gasteiger partial charge in [0.05, 0.1) is 11.3 Å². The van der Waals surface area contributed by atoms with Crippen LogP contribution in [0.5, 0.6) is 0 Å². The summed E-state index contributed by atoms with van der Waals surface area (Å²) >= 11 is 0. The highest BCUT2D eigenvalue weighted by Gasteiger charge is 2.18. The van der Waals surface area contributed by atoms with Gasteiger partial charge in [-0.25, -0.2) is 4.98 Å². The van der Waals surface area contributed by atoms with Crippen molar-refractivity contribution in [2.24, 2.45) is 0 Å². The molecule has 0 bridgehead atoms. The first-order chi connectivity index (χ1) is 12.6. The number of oxazole rings is 1. The number of nitrogens with zero attached hydrogens (tertiary/aromatic N) is 2. The average Bonchev–Trinajstić information content (AvgIpc) is 3.05. The number of amides is 1. The number of aromatic nitrogens is 2. The molecule has 0 spiro atoms. The van der Waals surface area contributed by atoms with E-state index in [2.05, 4.69) is 15.3 Å². The molecule has 2 aromatic heterocycles. The van der Waals surface area contributed by atoms with Gasteiger partial charge in [-0.05, 0) is 49.2 Å². The highest BCUT2D eigenvalue weighted by atomic mass is 16.3. The van der Waals surface area contributed by atoms with Crippen molar-refractivity contribution >= 4 is 22.8 Å². The first-order valence-electron chi connectivity index (χ1n) is 8.32. The van der Waals surface area contributed by atoms with E-state index < -0.39 is 0 Å². The van der Waals surface area contributed by atoms with Gasteiger partial charge in [0, 0.05) is 11.8 Å². The van der Waals surface area contributed by atoms with Crippen molar-refractivity contribution < 1.29 is 9.21 Å². The number of aryl methyl sites for hydroxylation is 2. The van der Waals surface area contributed by atoms with Gasteiger partial charge in [0.25, 0.3) is 5.91 Å². The molecule has 0 unspecified atom stereocenters. The molecular weight excluding hydrogens is 326 g/mol. The quantitative estimate of drug-likeness (QED) is 0.582. The van der Waals surface area contributed by atoms with Gasteiger partial charge in [0.15, 0.2) is 11.2 Å². The Hall–Kier alpha value is -3.47. The lowest BCUT2D eigenvalue weighted by Gasteiger charge is -2.12. The highest BCUT2D eigenvalue weighted by Crippen LogP contribution is 2.33. The van der Waals surface area contributed by atoms with E-state index in [1.165, 1.54) is 0 Å². The summed E-state index contributed by atoms with van der Waals surface area (Å²) in [5.74, 6) is 0.279. The molecule has 0 saturated heterocycles. The third-order valence-electron chi connectivity index (χ3n) is 4.29. The maximum Gasteiger partial charge on any atom is 0.255 e. The summed E-state index contributed by atoms with van der Waals surface area (Å²) in [7, 11) is 0. The summed E-state index contributed by atoms with van der Waals surface area (Å²) < 4.78 is 5.86. The van der Waals surface area contributed by atoms with E-state index >= 15 is 0 Å². The number of nitrogens with one attached hydrogen (secondary N) is 1. The summed E-state index contributed by atoms with van der Waals surface area (Å²) in [5, 5.41) is 2.99. The molecule has 0 fully saturated rings. The topological polar surface area (TPSA) is 68.0 Å². The Bertz CT molecular complexity index is 1080. The Labute approximate surface area is 150 Å². The van der Waals surface area contributed by atoms with E-state index in [0.29, 0.717) is 28.4 Å². The third kappa shape index (κ3) is 2.84. The van der Waals surface area contributed by atoms with E-state index in [1.807, 2.05) is 62.4 Å². The predicted octanol–water partition coefficient (Wildman–Crippen LogP) is 4.76. The molecular formula is C21H17N3O2. The second-order valence-electron chi connectivity index (χ2n) is 6.11. The van der Waals surface area contributed by atoms with Gasteiger partial charge in [-0.1, -0.05) is 30.3 Å². The fourth-order valence-corrected chi connectivity index (χ4v) is 2.95. The molecule has 0 atom stereocenters. The van der Waals surface area contributed by atoms with Crippen LogP contribution in [0.4, 0.5) is 5.69 Å². The molecule has 0 aliphatic carbocycles. The zero-order valence-corrected chi connectivity index (χ0v) is 14.5. The monoisotopic (exact) mass is 343 g/mol. The maximum absolute atomic E-state index is 12.7. The number of benzene rings is 2. The van der Waals surface area contributed by atoms with Crippen molar-refractivity contribution in [3.8, 4) is 11.5 Å². The number of hydrogen-bond donors (Lipinski definition) is 1. The Kier molecular flexibility index (Phi) is 3.97. The fourth-order valence-electron chi connectivity index (χ4n) is 2.95. The molecule has 0 radical (unpaired) electrons. The number of pyridine rings is 1. The molecule has 128 valence electrons. The lowest BCUT2D eigenvalue weighted by atomic mass is 10.0. The van der Waals surface area contributed by atoms with Gasteiger partial charge in [0.1, 0.15) is 0 Å². The van der Waals surface area contributed by atoms with Crippen LogP contribution < -0.4 is 5.32 Å². The minimum atomic E-state index is -0.163. The lowest BCUT2D eigenvalue weighted by Crippen LogP contribution is -2.14. The zero-order valence-electron chi connectivity index (χ0n) is 14.5. The van der Waals surface area contributed by atoms with Crippen molar-refractivity contribution in [2.45, 2.75) is 13.8 Å². The summed E-state index contributed by atoms with van der Waals surface area (Å²) in [6.07, 6.45) is 1.67. The van der Waals surface area contributed by atoms with Crippen molar-refractivity contribution in [1.82, 2.24) is 9.97 Å². The average molecular weight is 343 g/mol. The minimum absolute atomic E-state index is 0.163. The second-order valence-corrected chi connectivity index (χ2v) is 6.11. The van der Waals surface area contributed by atoms with E-state index in [9.17, 15) is 4.79 Å². The normalized spacial score (nSPS) is 10.8. The van der Waals surface area contributed by atoms with Crippen molar-refractivity contribution in [3.63, 3.8) is 0 Å². The molecule has 0 saturated carbocycles. The van der Waals surface area contributed by atoms with E-state index in [0.717, 1.165) is 16.7 Å². The molecule has 2 aromatic carbocycles. The molecule has 4 aromatic rings. The van der Waals surface area contributed by atoms with Crippen LogP contribution >= 0.6 is 0 Å². The molecule has 0 aliphatic rings. The molecule has 26 heavy (non-hydrogen) atoms. The van der Waals surface area contributed by atoms with Crippen LogP contribution in [0.15, 0.2) is 65.2 Å². The second kappa shape index (κ2) is 6.44. The van der Waals surface area contributed by atoms with Crippen LogP contribution in [0.3, 0.4) is 0 Å². The van der Waals surface area contributed by atoms with Crippen LogP contribution in [0, 0.1) is 13.8 Å². The highest BCUT2D eigenvalue weighted by molar-refractivity contribution is 6.07. The van der Waals surface area contributed by atoms with Crippen LogP contribution in [-0.2, 0) is 0 Å². The van der Waals surface area contributed by atoms with Crippen molar-refractivity contribution in [3.05, 3.63) is 77.5 Å². The van der Waals surface area contributed by atoms with Gasteiger partial charge in [-0.2, -0.15) is 4.98 Å².